The molecular formula is C19H18F3NO3. The van der Waals surface area contributed by atoms with Crippen molar-refractivity contribution in [2.45, 2.75) is 19.5 Å². The quantitative estimate of drug-likeness (QED) is 0.731. The Morgan fingerprint density at radius 1 is 1.04 bits per heavy atom. The van der Waals surface area contributed by atoms with E-state index in [1.165, 1.54) is 17.0 Å². The summed E-state index contributed by atoms with van der Waals surface area (Å²) in [4.78, 5) is 25.5. The number of ether oxygens (including phenoxy) is 1. The molecule has 0 aliphatic heterocycles. The number of rotatable bonds is 6. The fraction of sp³-hybridized carbons (Fsp3) is 0.263. The van der Waals surface area contributed by atoms with Gasteiger partial charge >= 0.3 is 12.1 Å². The maximum Gasteiger partial charge on any atom is 0.416 e. The van der Waals surface area contributed by atoms with E-state index in [1.807, 2.05) is 6.07 Å². The Balaban J connectivity index is 1.93. The number of hydrogen-bond donors (Lipinski definition) is 0. The Kier molecular flexibility index (Phi) is 6.38. The van der Waals surface area contributed by atoms with E-state index in [9.17, 15) is 22.8 Å². The van der Waals surface area contributed by atoms with Crippen LogP contribution in [0.25, 0.3) is 0 Å². The molecule has 0 saturated heterocycles. The van der Waals surface area contributed by atoms with Gasteiger partial charge in [-0.05, 0) is 30.7 Å². The second kappa shape index (κ2) is 8.51. The van der Waals surface area contributed by atoms with Crippen molar-refractivity contribution in [2.75, 3.05) is 18.1 Å². The van der Waals surface area contributed by atoms with Crippen molar-refractivity contribution in [1.29, 1.82) is 0 Å². The molecule has 0 atom stereocenters. The molecule has 0 heterocycles. The molecule has 0 saturated carbocycles. The summed E-state index contributed by atoms with van der Waals surface area (Å²) in [7, 11) is 0. The Bertz CT molecular complexity index is 760. The summed E-state index contributed by atoms with van der Waals surface area (Å²) >= 11 is 0. The van der Waals surface area contributed by atoms with E-state index >= 15 is 0 Å². The normalized spacial score (nSPS) is 11.1. The Labute approximate surface area is 149 Å². The molecule has 0 spiro atoms. The highest BCUT2D eigenvalue weighted by Gasteiger charge is 2.30. The van der Waals surface area contributed by atoms with E-state index in [-0.39, 0.29) is 12.0 Å². The van der Waals surface area contributed by atoms with Gasteiger partial charge in [0.05, 0.1) is 12.0 Å². The predicted octanol–water partition coefficient (Wildman–Crippen LogP) is 3.84. The van der Waals surface area contributed by atoms with E-state index in [2.05, 4.69) is 0 Å². The van der Waals surface area contributed by atoms with E-state index in [1.54, 1.807) is 31.2 Å². The van der Waals surface area contributed by atoms with E-state index in [0.717, 1.165) is 12.1 Å². The van der Waals surface area contributed by atoms with Gasteiger partial charge in [-0.25, -0.2) is 0 Å². The van der Waals surface area contributed by atoms with Crippen molar-refractivity contribution in [3.8, 4) is 0 Å². The van der Waals surface area contributed by atoms with Crippen molar-refractivity contribution in [3.63, 3.8) is 0 Å². The van der Waals surface area contributed by atoms with Crippen molar-refractivity contribution in [2.24, 2.45) is 0 Å². The highest BCUT2D eigenvalue weighted by Crippen LogP contribution is 2.29. The molecule has 0 aliphatic carbocycles. The number of esters is 1. The van der Waals surface area contributed by atoms with Crippen molar-refractivity contribution in [1.82, 2.24) is 0 Å². The first-order chi connectivity index (χ1) is 12.3. The third-order valence-electron chi connectivity index (χ3n) is 3.64. The van der Waals surface area contributed by atoms with Crippen LogP contribution >= 0.6 is 0 Å². The summed E-state index contributed by atoms with van der Waals surface area (Å²) in [5.74, 6) is -1.17. The summed E-state index contributed by atoms with van der Waals surface area (Å²) in [6, 6.07) is 13.3. The lowest BCUT2D eigenvalue weighted by molar-refractivity contribution is -0.147. The van der Waals surface area contributed by atoms with Gasteiger partial charge in [-0.15, -0.1) is 0 Å². The topological polar surface area (TPSA) is 46.6 Å². The molecule has 0 aromatic heterocycles. The monoisotopic (exact) mass is 365 g/mol. The minimum absolute atomic E-state index is 0.174. The van der Waals surface area contributed by atoms with Crippen LogP contribution in [-0.2, 0) is 26.9 Å². The van der Waals surface area contributed by atoms with Crippen LogP contribution in [0.2, 0.25) is 0 Å². The van der Waals surface area contributed by atoms with Crippen LogP contribution in [0.15, 0.2) is 54.6 Å². The van der Waals surface area contributed by atoms with Crippen LogP contribution in [0.3, 0.4) is 0 Å². The maximum atomic E-state index is 12.7. The Hall–Kier alpha value is -2.83. The molecule has 26 heavy (non-hydrogen) atoms. The first kappa shape index (κ1) is 19.5. The van der Waals surface area contributed by atoms with Crippen LogP contribution in [0, 0.1) is 0 Å². The summed E-state index contributed by atoms with van der Waals surface area (Å²) in [5, 5.41) is 0. The molecule has 0 N–H and O–H groups in total. The molecule has 2 aromatic carbocycles. The minimum atomic E-state index is -4.48. The zero-order valence-corrected chi connectivity index (χ0v) is 14.1. The van der Waals surface area contributed by atoms with Crippen LogP contribution in [0.1, 0.15) is 18.1 Å². The van der Waals surface area contributed by atoms with Crippen LogP contribution in [0.5, 0.6) is 0 Å². The molecule has 138 valence electrons. The number of carbonyl (C=O) groups excluding carboxylic acids is 2. The lowest BCUT2D eigenvalue weighted by Gasteiger charge is -2.20. The number of likely N-dealkylation sites (N-methyl/N-ethyl adjacent to an activating group) is 1. The summed E-state index contributed by atoms with van der Waals surface area (Å²) < 4.78 is 43.0. The highest BCUT2D eigenvalue weighted by molar-refractivity contribution is 5.95. The molecule has 0 fully saturated rings. The van der Waals surface area contributed by atoms with E-state index < -0.39 is 30.2 Å². The number of para-hydroxylation sites is 1. The van der Waals surface area contributed by atoms with Gasteiger partial charge in [0.25, 0.3) is 5.91 Å². The van der Waals surface area contributed by atoms with Gasteiger partial charge < -0.3 is 9.64 Å². The van der Waals surface area contributed by atoms with Gasteiger partial charge in [-0.1, -0.05) is 36.4 Å². The molecule has 2 aromatic rings. The van der Waals surface area contributed by atoms with Crippen molar-refractivity contribution in [3.05, 3.63) is 65.7 Å². The molecule has 1 amide bonds. The summed E-state index contributed by atoms with van der Waals surface area (Å²) in [6.45, 7) is 1.71. The van der Waals surface area contributed by atoms with Gasteiger partial charge in [0, 0.05) is 12.2 Å². The van der Waals surface area contributed by atoms with Crippen molar-refractivity contribution < 1.29 is 27.5 Å². The Morgan fingerprint density at radius 2 is 1.73 bits per heavy atom. The zero-order valence-electron chi connectivity index (χ0n) is 14.1. The van der Waals surface area contributed by atoms with Crippen LogP contribution < -0.4 is 4.90 Å². The van der Waals surface area contributed by atoms with E-state index in [0.29, 0.717) is 12.2 Å². The van der Waals surface area contributed by atoms with Gasteiger partial charge in [0.2, 0.25) is 0 Å². The third-order valence-corrected chi connectivity index (χ3v) is 3.64. The van der Waals surface area contributed by atoms with Gasteiger partial charge in [0.15, 0.2) is 6.61 Å². The molecule has 0 aliphatic rings. The third kappa shape index (κ3) is 5.34. The number of amides is 1. The summed E-state index contributed by atoms with van der Waals surface area (Å²) in [6.07, 6.45) is -4.82. The lowest BCUT2D eigenvalue weighted by Crippen LogP contribution is -2.34. The summed E-state index contributed by atoms with van der Waals surface area (Å²) in [5.41, 5.74) is 0.0155. The first-order valence-electron chi connectivity index (χ1n) is 7.98. The van der Waals surface area contributed by atoms with Gasteiger partial charge in [-0.3, -0.25) is 9.59 Å². The second-order valence-electron chi connectivity index (χ2n) is 5.51. The largest absolute Gasteiger partial charge is 0.455 e. The molecule has 4 nitrogen and oxygen atoms in total. The molecule has 0 unspecified atom stereocenters. The van der Waals surface area contributed by atoms with Gasteiger partial charge in [-0.2, -0.15) is 13.2 Å². The van der Waals surface area contributed by atoms with E-state index in [4.69, 9.17) is 4.74 Å². The predicted molar refractivity (Wildman–Crippen MR) is 90.6 cm³/mol. The smallest absolute Gasteiger partial charge is 0.416 e. The highest BCUT2D eigenvalue weighted by atomic mass is 19.4. The standard InChI is InChI=1S/C19H18F3NO3/c1-2-23(16-9-4-3-5-10-16)17(24)13-26-18(25)12-14-7-6-8-15(11-14)19(20,21)22/h3-11H,2,12-13H2,1H3. The van der Waals surface area contributed by atoms with Crippen molar-refractivity contribution >= 4 is 17.6 Å². The molecule has 2 rings (SSSR count). The average Bonchev–Trinajstić information content (AvgIpc) is 2.61. The SMILES string of the molecule is CCN(C(=O)COC(=O)Cc1cccc(C(F)(F)F)c1)c1ccccc1. The maximum absolute atomic E-state index is 12.7. The molecule has 0 radical (unpaired) electrons. The molecule has 7 heteroatoms. The fourth-order valence-corrected chi connectivity index (χ4v) is 2.41. The Morgan fingerprint density at radius 3 is 2.35 bits per heavy atom. The lowest BCUT2D eigenvalue weighted by atomic mass is 10.1. The molecule has 0 bridgehead atoms. The van der Waals surface area contributed by atoms with Crippen LogP contribution in [-0.4, -0.2) is 25.0 Å². The number of benzene rings is 2. The number of anilines is 1. The fourth-order valence-electron chi connectivity index (χ4n) is 2.41. The number of hydrogen-bond acceptors (Lipinski definition) is 3. The van der Waals surface area contributed by atoms with Gasteiger partial charge in [0.1, 0.15) is 0 Å². The second-order valence-corrected chi connectivity index (χ2v) is 5.51. The number of alkyl halides is 3. The number of halogens is 3. The number of carbonyl (C=O) groups is 2. The average molecular weight is 365 g/mol. The minimum Gasteiger partial charge on any atom is -0.455 e. The van der Waals surface area contributed by atoms with Crippen LogP contribution in [0.4, 0.5) is 18.9 Å². The number of nitrogens with zero attached hydrogens (tertiary/aromatic N) is 1. The zero-order chi connectivity index (χ0) is 19.2. The first-order valence-corrected chi connectivity index (χ1v) is 7.98. The molecular weight excluding hydrogens is 347 g/mol.